The zero-order valence-electron chi connectivity index (χ0n) is 16.0. The molecule has 0 bridgehead atoms. The third kappa shape index (κ3) is 5.78. The highest BCUT2D eigenvalue weighted by Gasteiger charge is 2.24. The maximum Gasteiger partial charge on any atom is 0.106 e. The van der Waals surface area contributed by atoms with E-state index in [1.54, 1.807) is 0 Å². The van der Waals surface area contributed by atoms with Gasteiger partial charge in [-0.05, 0) is 30.6 Å². The Morgan fingerprint density at radius 2 is 1.82 bits per heavy atom. The monoisotopic (exact) mass is 306 g/mol. The fraction of sp³-hybridized carbons (Fsp3) is 0.850. The molecule has 1 aromatic heterocycles. The Labute approximate surface area is 138 Å². The van der Waals surface area contributed by atoms with Crippen LogP contribution in [0, 0.1) is 17.8 Å². The Hall–Kier alpha value is -0.790. The molecule has 2 unspecified atom stereocenters. The van der Waals surface area contributed by atoms with Gasteiger partial charge in [0.05, 0.1) is 5.69 Å². The summed E-state index contributed by atoms with van der Waals surface area (Å²) in [4.78, 5) is 8.38. The fourth-order valence-corrected chi connectivity index (χ4v) is 3.28. The summed E-state index contributed by atoms with van der Waals surface area (Å²) in [5.74, 6) is 3.51. The van der Waals surface area contributed by atoms with Gasteiger partial charge in [-0.2, -0.15) is 0 Å². The van der Waals surface area contributed by atoms with Crippen LogP contribution in [0.3, 0.4) is 0 Å². The minimum atomic E-state index is 0.188. The van der Waals surface area contributed by atoms with Gasteiger partial charge in [0, 0.05) is 18.0 Å². The van der Waals surface area contributed by atoms with Crippen LogP contribution >= 0.6 is 0 Å². The number of rotatable bonds is 10. The summed E-state index contributed by atoms with van der Waals surface area (Å²) in [5.41, 5.74) is 1.42. The molecule has 0 aliphatic rings. The van der Waals surface area contributed by atoms with Crippen molar-refractivity contribution in [3.05, 3.63) is 17.7 Å². The number of nitrogens with zero attached hydrogens (tertiary/aromatic N) is 1. The van der Waals surface area contributed by atoms with E-state index < -0.39 is 0 Å². The van der Waals surface area contributed by atoms with Crippen molar-refractivity contribution in [3.8, 4) is 0 Å². The maximum atomic E-state index is 4.93. The lowest BCUT2D eigenvalue weighted by atomic mass is 9.83. The predicted octanol–water partition coefficient (Wildman–Crippen LogP) is 6.13. The van der Waals surface area contributed by atoms with E-state index in [9.17, 15) is 0 Å². The molecule has 0 aliphatic carbocycles. The van der Waals surface area contributed by atoms with Gasteiger partial charge in [0.25, 0.3) is 0 Å². The summed E-state index contributed by atoms with van der Waals surface area (Å²) in [6, 6.07) is 0. The van der Waals surface area contributed by atoms with Crippen LogP contribution in [0.4, 0.5) is 0 Å². The molecule has 1 rings (SSSR count). The van der Waals surface area contributed by atoms with Crippen molar-refractivity contribution in [1.82, 2.24) is 9.97 Å². The number of aromatic nitrogens is 2. The van der Waals surface area contributed by atoms with E-state index in [-0.39, 0.29) is 5.41 Å². The molecular weight excluding hydrogens is 268 g/mol. The number of aromatic amines is 1. The molecular formula is C20H38N2. The average molecular weight is 307 g/mol. The van der Waals surface area contributed by atoms with Crippen LogP contribution in [-0.2, 0) is 11.8 Å². The zero-order valence-corrected chi connectivity index (χ0v) is 16.0. The molecule has 0 radical (unpaired) electrons. The Balaban J connectivity index is 2.75. The van der Waals surface area contributed by atoms with E-state index >= 15 is 0 Å². The van der Waals surface area contributed by atoms with E-state index in [0.717, 1.165) is 24.2 Å². The van der Waals surface area contributed by atoms with Crippen LogP contribution < -0.4 is 0 Å². The molecule has 1 N–H and O–H groups in total. The third-order valence-corrected chi connectivity index (χ3v) is 5.22. The van der Waals surface area contributed by atoms with E-state index in [2.05, 4.69) is 59.6 Å². The number of H-pyrrole nitrogens is 1. The van der Waals surface area contributed by atoms with Gasteiger partial charge in [0.15, 0.2) is 0 Å². The van der Waals surface area contributed by atoms with Gasteiger partial charge >= 0.3 is 0 Å². The van der Waals surface area contributed by atoms with Gasteiger partial charge in [-0.15, -0.1) is 0 Å². The van der Waals surface area contributed by atoms with Gasteiger partial charge in [0.1, 0.15) is 5.82 Å². The van der Waals surface area contributed by atoms with Crippen LogP contribution in [-0.4, -0.2) is 9.97 Å². The fourth-order valence-electron chi connectivity index (χ4n) is 3.28. The second-order valence-electron chi connectivity index (χ2n) is 8.19. The van der Waals surface area contributed by atoms with E-state index in [1.807, 2.05) is 0 Å². The highest BCUT2D eigenvalue weighted by molar-refractivity contribution is 5.13. The van der Waals surface area contributed by atoms with Crippen molar-refractivity contribution in [3.63, 3.8) is 0 Å². The summed E-state index contributed by atoms with van der Waals surface area (Å²) in [6.45, 7) is 16.2. The quantitative estimate of drug-likeness (QED) is 0.553. The van der Waals surface area contributed by atoms with Gasteiger partial charge < -0.3 is 4.98 Å². The standard InChI is InChI=1S/C20H38N2/c1-8-12-20(6,7)18-14-21-19(22-18)13-17(16(5)9-2)11-10-15(3)4/h14-17H,8-13H2,1-7H3,(H,21,22). The lowest BCUT2D eigenvalue weighted by Crippen LogP contribution is -2.18. The number of hydrogen-bond acceptors (Lipinski definition) is 1. The molecule has 2 atom stereocenters. The van der Waals surface area contributed by atoms with Crippen LogP contribution in [0.25, 0.3) is 0 Å². The summed E-state index contributed by atoms with van der Waals surface area (Å²) in [5, 5.41) is 0. The Bertz CT molecular complexity index is 417. The SMILES string of the molecule is CCCC(C)(C)c1c[nH]c(CC(CCC(C)C)C(C)CC)n1. The molecule has 0 aliphatic heterocycles. The second kappa shape index (κ2) is 8.74. The summed E-state index contributed by atoms with van der Waals surface area (Å²) >= 11 is 0. The Morgan fingerprint density at radius 3 is 2.36 bits per heavy atom. The molecule has 128 valence electrons. The van der Waals surface area contributed by atoms with Crippen molar-refractivity contribution < 1.29 is 0 Å². The van der Waals surface area contributed by atoms with Crippen molar-refractivity contribution in [2.75, 3.05) is 0 Å². The van der Waals surface area contributed by atoms with E-state index in [0.29, 0.717) is 0 Å². The van der Waals surface area contributed by atoms with Crippen LogP contribution in [0.5, 0.6) is 0 Å². The van der Waals surface area contributed by atoms with E-state index in [4.69, 9.17) is 4.98 Å². The van der Waals surface area contributed by atoms with Crippen LogP contribution in [0.2, 0.25) is 0 Å². The van der Waals surface area contributed by atoms with E-state index in [1.165, 1.54) is 43.6 Å². The molecule has 2 nitrogen and oxygen atoms in total. The van der Waals surface area contributed by atoms with Crippen LogP contribution in [0.15, 0.2) is 6.20 Å². The first-order valence-corrected chi connectivity index (χ1v) is 9.34. The predicted molar refractivity (Wildman–Crippen MR) is 97.2 cm³/mol. The van der Waals surface area contributed by atoms with Gasteiger partial charge in [0.2, 0.25) is 0 Å². The number of imidazole rings is 1. The molecule has 22 heavy (non-hydrogen) atoms. The van der Waals surface area contributed by atoms with Gasteiger partial charge in [-0.3, -0.25) is 0 Å². The lowest BCUT2D eigenvalue weighted by Gasteiger charge is -2.23. The zero-order chi connectivity index (χ0) is 16.8. The summed E-state index contributed by atoms with van der Waals surface area (Å²) in [7, 11) is 0. The van der Waals surface area contributed by atoms with Gasteiger partial charge in [-0.25, -0.2) is 4.98 Å². The molecule has 0 saturated heterocycles. The molecule has 2 heteroatoms. The Morgan fingerprint density at radius 1 is 1.14 bits per heavy atom. The minimum Gasteiger partial charge on any atom is -0.348 e. The first-order chi connectivity index (χ1) is 10.3. The first kappa shape index (κ1) is 19.3. The lowest BCUT2D eigenvalue weighted by molar-refractivity contribution is 0.299. The molecule has 0 amide bonds. The number of hydrogen-bond donors (Lipinski definition) is 1. The highest BCUT2D eigenvalue weighted by Crippen LogP contribution is 2.29. The maximum absolute atomic E-state index is 4.93. The molecule has 0 spiro atoms. The second-order valence-corrected chi connectivity index (χ2v) is 8.19. The van der Waals surface area contributed by atoms with Crippen molar-refractivity contribution >= 4 is 0 Å². The molecule has 0 saturated carbocycles. The normalized spacial score (nSPS) is 15.3. The minimum absolute atomic E-state index is 0.188. The van der Waals surface area contributed by atoms with Crippen LogP contribution in [0.1, 0.15) is 92.1 Å². The molecule has 0 fully saturated rings. The highest BCUT2D eigenvalue weighted by atomic mass is 14.9. The third-order valence-electron chi connectivity index (χ3n) is 5.22. The van der Waals surface area contributed by atoms with Crippen molar-refractivity contribution in [2.24, 2.45) is 17.8 Å². The average Bonchev–Trinajstić information content (AvgIpc) is 2.91. The Kier molecular flexibility index (Phi) is 7.65. The molecule has 1 aromatic rings. The molecule has 0 aromatic carbocycles. The summed E-state index contributed by atoms with van der Waals surface area (Å²) in [6.07, 6.45) is 9.55. The van der Waals surface area contributed by atoms with Gasteiger partial charge in [-0.1, -0.05) is 67.7 Å². The molecule has 1 heterocycles. The van der Waals surface area contributed by atoms with Crippen molar-refractivity contribution in [2.45, 2.75) is 92.4 Å². The topological polar surface area (TPSA) is 28.7 Å². The smallest absolute Gasteiger partial charge is 0.106 e. The first-order valence-electron chi connectivity index (χ1n) is 9.34. The number of nitrogens with one attached hydrogen (secondary N) is 1. The largest absolute Gasteiger partial charge is 0.348 e. The van der Waals surface area contributed by atoms with Crippen molar-refractivity contribution in [1.29, 1.82) is 0 Å². The summed E-state index contributed by atoms with van der Waals surface area (Å²) < 4.78 is 0.